The fraction of sp³-hybridized carbons (Fsp3) is 0.267. The second-order valence-electron chi connectivity index (χ2n) is 10.4. The number of nitrogens with two attached hydrogens (primary N) is 1. The lowest BCUT2D eigenvalue weighted by atomic mass is 10.2. The number of carbonyl (C=O) groups is 2. The molecule has 4 aromatic rings. The minimum absolute atomic E-state index is 0.0352. The van der Waals surface area contributed by atoms with Crippen molar-refractivity contribution in [2.75, 3.05) is 31.4 Å². The number of fused-ring (bicyclic) bond motifs is 1. The van der Waals surface area contributed by atoms with Gasteiger partial charge in [0, 0.05) is 24.1 Å². The summed E-state index contributed by atoms with van der Waals surface area (Å²) in [6, 6.07) is 14.3. The number of esters is 1. The van der Waals surface area contributed by atoms with Crippen LogP contribution in [0.15, 0.2) is 69.3 Å². The average molecular weight is 838 g/mol. The highest BCUT2D eigenvalue weighted by atomic mass is 35.5. The second-order valence-corrected chi connectivity index (χ2v) is 14.8. The third-order valence-electron chi connectivity index (χ3n) is 6.57. The van der Waals surface area contributed by atoms with Crippen molar-refractivity contribution in [3.63, 3.8) is 0 Å². The first-order valence-electron chi connectivity index (χ1n) is 15.0. The first kappa shape index (κ1) is 43.1. The summed E-state index contributed by atoms with van der Waals surface area (Å²) in [5.41, 5.74) is 5.33. The number of aliphatic carboxylic acids is 1. The molecule has 2 heterocycles. The van der Waals surface area contributed by atoms with Crippen molar-refractivity contribution in [2.24, 2.45) is 4.99 Å². The topological polar surface area (TPSA) is 251 Å². The van der Waals surface area contributed by atoms with E-state index in [1.165, 1.54) is 25.3 Å². The van der Waals surface area contributed by atoms with Crippen LogP contribution < -0.4 is 25.5 Å². The lowest BCUT2D eigenvalue weighted by Crippen LogP contribution is -2.31. The van der Waals surface area contributed by atoms with Crippen LogP contribution in [0, 0.1) is 15.9 Å². The molecule has 6 N–H and O–H groups in total. The molecule has 1 aliphatic rings. The number of anilines is 1. The number of methoxy groups -OCH3 is 1. The minimum Gasteiger partial charge on any atom is -0.480 e. The highest BCUT2D eigenvalue weighted by Gasteiger charge is 2.19. The Bertz CT molecular complexity index is 2110. The predicted molar refractivity (Wildman–Crippen MR) is 197 cm³/mol. The summed E-state index contributed by atoms with van der Waals surface area (Å²) in [5.74, 6) is -1.21. The fourth-order valence-electron chi connectivity index (χ4n) is 4.16. The number of para-hydroxylation sites is 1. The summed E-state index contributed by atoms with van der Waals surface area (Å²) in [6.45, 7) is 0.885. The molecule has 23 heteroatoms. The lowest BCUT2D eigenvalue weighted by molar-refractivity contribution is -0.383. The van der Waals surface area contributed by atoms with E-state index in [1.807, 2.05) is 6.07 Å². The number of ether oxygens (including phenoxy) is 2. The molecular weight excluding hydrogens is 805 g/mol. The van der Waals surface area contributed by atoms with E-state index >= 15 is 0 Å². The Balaban J connectivity index is 0.000000236. The molecule has 0 saturated carbocycles. The zero-order valence-electron chi connectivity index (χ0n) is 27.5. The van der Waals surface area contributed by atoms with Gasteiger partial charge in [0.25, 0.3) is 5.69 Å². The zero-order chi connectivity index (χ0) is 39.3. The lowest BCUT2D eigenvalue weighted by Gasteiger charge is -2.15. The quantitative estimate of drug-likeness (QED) is 0.0325. The summed E-state index contributed by atoms with van der Waals surface area (Å²) in [6.07, 6.45) is 1.30. The van der Waals surface area contributed by atoms with Crippen LogP contribution in [0.1, 0.15) is 12.8 Å². The van der Waals surface area contributed by atoms with Gasteiger partial charge >= 0.3 is 24.4 Å². The number of carbonyl (C=O) groups excluding carboxylic acids is 1. The van der Waals surface area contributed by atoms with Crippen LogP contribution in [-0.4, -0.2) is 66.8 Å². The van der Waals surface area contributed by atoms with Gasteiger partial charge in [-0.3, -0.25) is 39.1 Å². The van der Waals surface area contributed by atoms with Crippen LogP contribution in [0.25, 0.3) is 0 Å². The van der Waals surface area contributed by atoms with E-state index in [9.17, 15) is 33.5 Å². The van der Waals surface area contributed by atoms with Gasteiger partial charge in [-0.15, -0.1) is 11.8 Å². The molecule has 5 rings (SSSR count). The van der Waals surface area contributed by atoms with Crippen LogP contribution in [0.2, 0.25) is 10.0 Å². The van der Waals surface area contributed by atoms with E-state index in [4.69, 9.17) is 48.6 Å². The van der Waals surface area contributed by atoms with Crippen molar-refractivity contribution in [3.8, 4) is 11.5 Å². The number of halogens is 3. The first-order chi connectivity index (χ1) is 25.0. The Morgan fingerprint density at radius 2 is 1.81 bits per heavy atom. The fourth-order valence-corrected chi connectivity index (χ4v) is 6.74. The molecule has 1 aliphatic heterocycles. The van der Waals surface area contributed by atoms with Gasteiger partial charge in [-0.05, 0) is 54.5 Å². The van der Waals surface area contributed by atoms with E-state index in [2.05, 4.69) is 15.0 Å². The number of benzene rings is 3. The third kappa shape index (κ3) is 13.6. The number of hydrogen-bond acceptors (Lipinski definition) is 13. The number of hydrogen-bond donors (Lipinski definition) is 5. The minimum atomic E-state index is -4.10. The zero-order valence-corrected chi connectivity index (χ0v) is 31.6. The molecule has 17 nitrogen and oxygen atoms in total. The Labute approximate surface area is 318 Å². The second kappa shape index (κ2) is 20.3. The van der Waals surface area contributed by atoms with Crippen molar-refractivity contribution in [1.82, 2.24) is 14.7 Å². The maximum atomic E-state index is 14.3. The number of carboxylic acids is 1. The van der Waals surface area contributed by atoms with Crippen molar-refractivity contribution >= 4 is 82.9 Å². The molecular formula is C30H32Cl2FN6O11PS2. The molecule has 0 spiro atoms. The molecule has 0 fully saturated rings. The SMILES string of the molecule is COC(=O)CSc1cc(/N=c2\sc(=O)n3n2CCCC3)c(F)cc1Cl.Nc1c([N+](=O)[O-])ccc(Oc2ccccc2)c1Cl.O=C(O)CNCP(=O)(O)O. The van der Waals surface area contributed by atoms with E-state index in [0.717, 1.165) is 42.0 Å². The number of nitrogens with one attached hydrogen (secondary N) is 1. The highest BCUT2D eigenvalue weighted by molar-refractivity contribution is 8.00. The number of rotatable bonds is 11. The number of nitrogens with zero attached hydrogens (tertiary/aromatic N) is 4. The predicted octanol–water partition coefficient (Wildman–Crippen LogP) is 5.21. The molecule has 3 aromatic carbocycles. The van der Waals surface area contributed by atoms with Crippen molar-refractivity contribution in [3.05, 3.63) is 95.0 Å². The van der Waals surface area contributed by atoms with Gasteiger partial charge in [0.15, 0.2) is 0 Å². The van der Waals surface area contributed by atoms with Gasteiger partial charge in [-0.2, -0.15) is 0 Å². The molecule has 0 atom stereocenters. The number of carboxylic acid groups (broad SMARTS) is 1. The van der Waals surface area contributed by atoms with E-state index in [1.54, 1.807) is 33.6 Å². The number of nitro benzene ring substituents is 1. The summed E-state index contributed by atoms with van der Waals surface area (Å²) in [7, 11) is -2.80. The molecule has 0 radical (unpaired) electrons. The number of nitro groups is 1. The molecule has 0 aliphatic carbocycles. The molecule has 286 valence electrons. The normalized spacial score (nSPS) is 12.4. The van der Waals surface area contributed by atoms with E-state index < -0.39 is 43.1 Å². The van der Waals surface area contributed by atoms with Gasteiger partial charge in [0.2, 0.25) is 4.80 Å². The first-order valence-corrected chi connectivity index (χ1v) is 19.3. The van der Waals surface area contributed by atoms with Crippen LogP contribution in [0.4, 0.5) is 21.5 Å². The van der Waals surface area contributed by atoms with Gasteiger partial charge in [0.05, 0.1) is 35.6 Å². The third-order valence-corrected chi connectivity index (χ3v) is 9.91. The summed E-state index contributed by atoms with van der Waals surface area (Å²) in [4.78, 5) is 64.7. The average Bonchev–Trinajstić information content (AvgIpc) is 3.42. The molecule has 1 aromatic heterocycles. The number of thioether (sulfide) groups is 1. The van der Waals surface area contributed by atoms with Gasteiger partial charge < -0.3 is 30.1 Å². The monoisotopic (exact) mass is 836 g/mol. The standard InChI is InChI=1S/C15H15ClFN3O3S2.C12H9ClN2O3.C3H8NO5P/c1-23-13(21)8-24-12-7-11(10(17)6-9(12)16)18-14-19-4-2-3-5-20(19)15(22)25-14;13-11-10(18-8-4-2-1-3-5-8)7-6-9(12(11)14)15(16)17;5-3(6)1-4-2-10(7,8)9/h6-7H,2-5,8H2,1H3;1-7H,14H2;4H,1-2H2,(H,5,6)(H2,7,8,9)/b18-14-;;. The Morgan fingerprint density at radius 1 is 1.15 bits per heavy atom. The summed E-state index contributed by atoms with van der Waals surface area (Å²) >= 11 is 14.1. The van der Waals surface area contributed by atoms with Crippen molar-refractivity contribution in [1.29, 1.82) is 0 Å². The van der Waals surface area contributed by atoms with Crippen LogP contribution in [-0.2, 0) is 32.0 Å². The molecule has 0 bridgehead atoms. The Morgan fingerprint density at radius 3 is 2.42 bits per heavy atom. The smallest absolute Gasteiger partial charge is 0.339 e. The molecule has 0 unspecified atom stereocenters. The van der Waals surface area contributed by atoms with Crippen LogP contribution in [0.3, 0.4) is 0 Å². The maximum absolute atomic E-state index is 14.3. The highest BCUT2D eigenvalue weighted by Crippen LogP contribution is 2.39. The largest absolute Gasteiger partial charge is 0.480 e. The van der Waals surface area contributed by atoms with Crippen molar-refractivity contribution in [2.45, 2.75) is 30.8 Å². The van der Waals surface area contributed by atoms with Gasteiger partial charge in [-0.25, -0.2) is 14.1 Å². The Kier molecular flexibility index (Phi) is 16.5. The number of aromatic nitrogens is 2. The van der Waals surface area contributed by atoms with E-state index in [0.29, 0.717) is 28.5 Å². The Hall–Kier alpha value is -4.27. The summed E-state index contributed by atoms with van der Waals surface area (Å²) in [5, 5.41) is 21.0. The summed E-state index contributed by atoms with van der Waals surface area (Å²) < 4.78 is 37.8. The van der Waals surface area contributed by atoms with Gasteiger partial charge in [-0.1, -0.05) is 41.4 Å². The number of nitrogen functional groups attached to an aromatic ring is 1. The van der Waals surface area contributed by atoms with Crippen LogP contribution in [0.5, 0.6) is 11.5 Å². The van der Waals surface area contributed by atoms with Crippen LogP contribution >= 0.6 is 53.9 Å². The molecule has 0 amide bonds. The van der Waals surface area contributed by atoms with Crippen molar-refractivity contribution < 1.29 is 47.8 Å². The molecule has 0 saturated heterocycles. The van der Waals surface area contributed by atoms with E-state index in [-0.39, 0.29) is 43.5 Å². The van der Waals surface area contributed by atoms with Gasteiger partial charge in [0.1, 0.15) is 33.7 Å². The maximum Gasteiger partial charge on any atom is 0.339 e. The molecule has 53 heavy (non-hydrogen) atoms.